The average Bonchev–Trinajstić information content (AvgIpc) is 2.51. The Bertz CT molecular complexity index is 163. The quantitative estimate of drug-likeness (QED) is 0.669. The lowest BCUT2D eigenvalue weighted by atomic mass is 10.2. The van der Waals surface area contributed by atoms with Gasteiger partial charge < -0.3 is 10.2 Å². The van der Waals surface area contributed by atoms with Crippen LogP contribution < -0.4 is 5.32 Å². The Morgan fingerprint density at radius 3 is 3.08 bits per heavy atom. The van der Waals surface area contributed by atoms with Crippen LogP contribution >= 0.6 is 0 Å². The first kappa shape index (κ1) is 9.29. The van der Waals surface area contributed by atoms with Gasteiger partial charge in [-0.25, -0.2) is 9.18 Å². The van der Waals surface area contributed by atoms with Crippen molar-refractivity contribution in [1.82, 2.24) is 10.2 Å². The molecule has 3 nitrogen and oxygen atoms in total. The van der Waals surface area contributed by atoms with Crippen molar-refractivity contribution >= 4 is 6.03 Å². The minimum atomic E-state index is -0.420. The lowest BCUT2D eigenvalue weighted by molar-refractivity contribution is 0.183. The van der Waals surface area contributed by atoms with Gasteiger partial charge in [0.15, 0.2) is 0 Å². The Kier molecular flexibility index (Phi) is 3.31. The van der Waals surface area contributed by atoms with E-state index in [4.69, 9.17) is 0 Å². The third-order valence-corrected chi connectivity index (χ3v) is 2.14. The highest BCUT2D eigenvalue weighted by Crippen LogP contribution is 2.17. The van der Waals surface area contributed by atoms with Crippen LogP contribution in [0.5, 0.6) is 0 Å². The van der Waals surface area contributed by atoms with Crippen molar-refractivity contribution in [2.75, 3.05) is 19.8 Å². The Balaban J connectivity index is 2.43. The number of hydrogen-bond donors (Lipinski definition) is 1. The monoisotopic (exact) mass is 174 g/mol. The maximum absolute atomic E-state index is 12.3. The molecule has 1 aliphatic rings. The molecule has 0 aromatic carbocycles. The molecule has 0 radical (unpaired) electrons. The van der Waals surface area contributed by atoms with Gasteiger partial charge in [-0.1, -0.05) is 0 Å². The van der Waals surface area contributed by atoms with E-state index in [2.05, 4.69) is 5.32 Å². The van der Waals surface area contributed by atoms with Gasteiger partial charge in [0.2, 0.25) is 0 Å². The van der Waals surface area contributed by atoms with E-state index in [0.29, 0.717) is 13.1 Å². The Labute approximate surface area is 71.9 Å². The lowest BCUT2D eigenvalue weighted by Crippen LogP contribution is -2.43. The van der Waals surface area contributed by atoms with Gasteiger partial charge >= 0.3 is 6.03 Å². The fourth-order valence-electron chi connectivity index (χ4n) is 1.52. The van der Waals surface area contributed by atoms with Crippen LogP contribution in [0.25, 0.3) is 0 Å². The molecule has 2 amide bonds. The molecule has 12 heavy (non-hydrogen) atoms. The molecule has 0 bridgehead atoms. The van der Waals surface area contributed by atoms with Crippen LogP contribution in [0.1, 0.15) is 19.8 Å². The van der Waals surface area contributed by atoms with E-state index in [1.807, 2.05) is 6.92 Å². The average molecular weight is 174 g/mol. The van der Waals surface area contributed by atoms with Crippen molar-refractivity contribution in [1.29, 1.82) is 0 Å². The second-order valence-corrected chi connectivity index (χ2v) is 2.98. The second-order valence-electron chi connectivity index (χ2n) is 2.98. The highest BCUT2D eigenvalue weighted by molar-refractivity contribution is 5.74. The molecule has 1 fully saturated rings. The number of likely N-dealkylation sites (tertiary alicyclic amines) is 1. The summed E-state index contributed by atoms with van der Waals surface area (Å²) in [7, 11) is 0. The number of alkyl halides is 1. The van der Waals surface area contributed by atoms with Crippen LogP contribution in [0.3, 0.4) is 0 Å². The minimum absolute atomic E-state index is 0.127. The minimum Gasteiger partial charge on any atom is -0.338 e. The zero-order chi connectivity index (χ0) is 8.97. The lowest BCUT2D eigenvalue weighted by Gasteiger charge is -2.22. The van der Waals surface area contributed by atoms with Crippen molar-refractivity contribution in [2.45, 2.75) is 25.8 Å². The summed E-state index contributed by atoms with van der Waals surface area (Å²) in [6.07, 6.45) is 1.72. The van der Waals surface area contributed by atoms with Crippen LogP contribution in [0, 0.1) is 0 Å². The molecule has 0 aromatic rings. The molecule has 0 aromatic heterocycles. The number of urea groups is 1. The van der Waals surface area contributed by atoms with Crippen LogP contribution in [0.2, 0.25) is 0 Å². The Morgan fingerprint density at radius 2 is 2.50 bits per heavy atom. The largest absolute Gasteiger partial charge is 0.338 e. The van der Waals surface area contributed by atoms with Crippen LogP contribution in [-0.4, -0.2) is 36.7 Å². The van der Waals surface area contributed by atoms with Crippen molar-refractivity contribution in [3.05, 3.63) is 0 Å². The molecule has 1 aliphatic heterocycles. The van der Waals surface area contributed by atoms with E-state index in [0.717, 1.165) is 12.8 Å². The number of rotatable bonds is 2. The summed E-state index contributed by atoms with van der Waals surface area (Å²) >= 11 is 0. The third-order valence-electron chi connectivity index (χ3n) is 2.14. The van der Waals surface area contributed by atoms with Crippen molar-refractivity contribution in [2.24, 2.45) is 0 Å². The van der Waals surface area contributed by atoms with Crippen LogP contribution in [-0.2, 0) is 0 Å². The summed E-state index contributed by atoms with van der Waals surface area (Å²) < 4.78 is 12.3. The van der Waals surface area contributed by atoms with Crippen molar-refractivity contribution < 1.29 is 9.18 Å². The first-order valence-electron chi connectivity index (χ1n) is 4.40. The summed E-state index contributed by atoms with van der Waals surface area (Å²) in [4.78, 5) is 12.8. The van der Waals surface area contributed by atoms with E-state index in [1.54, 1.807) is 4.90 Å². The van der Waals surface area contributed by atoms with E-state index in [9.17, 15) is 9.18 Å². The number of halogens is 1. The van der Waals surface area contributed by atoms with Gasteiger partial charge in [0, 0.05) is 13.1 Å². The summed E-state index contributed by atoms with van der Waals surface area (Å²) in [5.74, 6) is 0. The van der Waals surface area contributed by atoms with Gasteiger partial charge in [-0.05, 0) is 19.8 Å². The zero-order valence-electron chi connectivity index (χ0n) is 7.35. The smallest absolute Gasteiger partial charge is 0.317 e. The van der Waals surface area contributed by atoms with Crippen LogP contribution in [0.4, 0.5) is 9.18 Å². The van der Waals surface area contributed by atoms with Gasteiger partial charge in [0.25, 0.3) is 0 Å². The molecule has 1 N–H and O–H groups in total. The highest BCUT2D eigenvalue weighted by Gasteiger charge is 2.27. The topological polar surface area (TPSA) is 32.3 Å². The van der Waals surface area contributed by atoms with Crippen LogP contribution in [0.15, 0.2) is 0 Å². The summed E-state index contributed by atoms with van der Waals surface area (Å²) in [5, 5.41) is 2.67. The summed E-state index contributed by atoms with van der Waals surface area (Å²) in [6.45, 7) is 2.74. The molecule has 0 saturated carbocycles. The zero-order valence-corrected chi connectivity index (χ0v) is 7.35. The Hall–Kier alpha value is -0.800. The molecular formula is C8H15FN2O. The van der Waals surface area contributed by atoms with Gasteiger partial charge in [0.1, 0.15) is 6.67 Å². The molecule has 1 saturated heterocycles. The molecule has 70 valence electrons. The molecular weight excluding hydrogens is 159 g/mol. The molecule has 1 atom stereocenters. The summed E-state index contributed by atoms with van der Waals surface area (Å²) in [5.41, 5.74) is 0. The predicted octanol–water partition coefficient (Wildman–Crippen LogP) is 1.15. The van der Waals surface area contributed by atoms with Gasteiger partial charge in [-0.15, -0.1) is 0 Å². The van der Waals surface area contributed by atoms with E-state index >= 15 is 0 Å². The van der Waals surface area contributed by atoms with E-state index < -0.39 is 6.67 Å². The SMILES string of the molecule is CCNC(=O)N1CCCC1CF. The van der Waals surface area contributed by atoms with Crippen molar-refractivity contribution in [3.8, 4) is 0 Å². The maximum atomic E-state index is 12.3. The van der Waals surface area contributed by atoms with E-state index in [-0.39, 0.29) is 12.1 Å². The van der Waals surface area contributed by atoms with Gasteiger partial charge in [0.05, 0.1) is 6.04 Å². The van der Waals surface area contributed by atoms with Gasteiger partial charge in [-0.3, -0.25) is 0 Å². The molecule has 4 heteroatoms. The molecule has 1 unspecified atom stereocenters. The highest BCUT2D eigenvalue weighted by atomic mass is 19.1. The molecule has 0 aliphatic carbocycles. The third kappa shape index (κ3) is 1.87. The number of nitrogens with zero attached hydrogens (tertiary/aromatic N) is 1. The number of carbonyl (C=O) groups excluding carboxylic acids is 1. The van der Waals surface area contributed by atoms with E-state index in [1.165, 1.54) is 0 Å². The first-order chi connectivity index (χ1) is 5.79. The van der Waals surface area contributed by atoms with Crippen molar-refractivity contribution in [3.63, 3.8) is 0 Å². The second kappa shape index (κ2) is 4.28. The first-order valence-corrected chi connectivity index (χ1v) is 4.40. The number of hydrogen-bond acceptors (Lipinski definition) is 1. The molecule has 1 rings (SSSR count). The maximum Gasteiger partial charge on any atom is 0.317 e. The fraction of sp³-hybridized carbons (Fsp3) is 0.875. The predicted molar refractivity (Wildman–Crippen MR) is 44.8 cm³/mol. The Morgan fingerprint density at radius 1 is 1.75 bits per heavy atom. The van der Waals surface area contributed by atoms with Gasteiger partial charge in [-0.2, -0.15) is 0 Å². The normalized spacial score (nSPS) is 22.8. The number of amides is 2. The molecule has 1 heterocycles. The molecule has 0 spiro atoms. The summed E-state index contributed by atoms with van der Waals surface area (Å²) in [6, 6.07) is -0.311. The number of carbonyl (C=O) groups is 1. The standard InChI is InChI=1S/C8H15FN2O/c1-2-10-8(12)11-5-3-4-7(11)6-9/h7H,2-6H2,1H3,(H,10,12). The fourth-order valence-corrected chi connectivity index (χ4v) is 1.52. The number of nitrogens with one attached hydrogen (secondary N) is 1.